The van der Waals surface area contributed by atoms with Crippen LogP contribution in [0.5, 0.6) is 0 Å². The van der Waals surface area contributed by atoms with Crippen molar-refractivity contribution >= 4 is 46.3 Å². The lowest BCUT2D eigenvalue weighted by atomic mass is 9.97. The van der Waals surface area contributed by atoms with Crippen LogP contribution in [0.2, 0.25) is 5.02 Å². The first kappa shape index (κ1) is 18.4. The number of anilines is 1. The molecular weight excluding hydrogens is 354 g/mol. The summed E-state index contributed by atoms with van der Waals surface area (Å²) in [5, 5.41) is 14.6. The number of piperidine rings is 1. The number of nitrogens with one attached hydrogen (secondary N) is 1. The third-order valence-electron chi connectivity index (χ3n) is 3.80. The topological polar surface area (TPSA) is 84.7 Å². The molecule has 0 atom stereocenters. The molecule has 0 spiro atoms. The van der Waals surface area contributed by atoms with Crippen molar-refractivity contribution in [3.8, 4) is 0 Å². The molecule has 1 aliphatic rings. The lowest BCUT2D eigenvalue weighted by Gasteiger charge is -2.32. The van der Waals surface area contributed by atoms with Crippen LogP contribution < -0.4 is 5.32 Å². The Balaban J connectivity index is 1.96. The van der Waals surface area contributed by atoms with E-state index in [0.29, 0.717) is 48.4 Å². The van der Waals surface area contributed by atoms with Gasteiger partial charge in [-0.05, 0) is 38.0 Å². The van der Waals surface area contributed by atoms with E-state index in [4.69, 9.17) is 28.6 Å². The lowest BCUT2D eigenvalue weighted by molar-refractivity contribution is -0.384. The molecule has 0 amide bonds. The third-order valence-corrected chi connectivity index (χ3v) is 4.49. The number of hydrogen-bond donors (Lipinski definition) is 1. The number of halogens is 1. The molecule has 0 bridgehead atoms. The second-order valence-electron chi connectivity index (χ2n) is 5.36. The summed E-state index contributed by atoms with van der Waals surface area (Å²) < 4.78 is 5.04. The summed E-state index contributed by atoms with van der Waals surface area (Å²) in [4.78, 5) is 24.0. The van der Waals surface area contributed by atoms with E-state index in [0.717, 1.165) is 0 Å². The third kappa shape index (κ3) is 4.55. The fraction of sp³-hybridized carbons (Fsp3) is 0.467. The molecule has 0 unspecified atom stereocenters. The van der Waals surface area contributed by atoms with Crippen LogP contribution in [0.4, 0.5) is 11.4 Å². The zero-order valence-electron chi connectivity index (χ0n) is 13.2. The van der Waals surface area contributed by atoms with Crippen LogP contribution in [-0.4, -0.2) is 40.6 Å². The van der Waals surface area contributed by atoms with Gasteiger partial charge < -0.3 is 15.0 Å². The summed E-state index contributed by atoms with van der Waals surface area (Å²) in [5.74, 6) is -0.275. The molecule has 0 radical (unpaired) electrons. The molecule has 1 fully saturated rings. The van der Waals surface area contributed by atoms with Crippen molar-refractivity contribution in [1.82, 2.24) is 4.90 Å². The molecule has 0 aliphatic carbocycles. The van der Waals surface area contributed by atoms with E-state index < -0.39 is 4.92 Å². The Morgan fingerprint density at radius 2 is 2.17 bits per heavy atom. The molecule has 1 N–H and O–H groups in total. The average molecular weight is 372 g/mol. The Labute approximate surface area is 150 Å². The molecule has 2 rings (SSSR count). The number of esters is 1. The minimum Gasteiger partial charge on any atom is -0.466 e. The van der Waals surface area contributed by atoms with Crippen LogP contribution in [0, 0.1) is 16.0 Å². The smallest absolute Gasteiger partial charge is 0.309 e. The van der Waals surface area contributed by atoms with Gasteiger partial charge in [0.25, 0.3) is 5.69 Å². The Morgan fingerprint density at radius 1 is 1.50 bits per heavy atom. The van der Waals surface area contributed by atoms with Crippen LogP contribution in [0.1, 0.15) is 19.8 Å². The number of carbonyl (C=O) groups excluding carboxylic acids is 1. The number of non-ortho nitro benzene ring substituents is 1. The van der Waals surface area contributed by atoms with Crippen LogP contribution in [0.15, 0.2) is 18.2 Å². The molecule has 0 aromatic heterocycles. The van der Waals surface area contributed by atoms with Crippen molar-refractivity contribution in [2.45, 2.75) is 19.8 Å². The van der Waals surface area contributed by atoms with Crippen LogP contribution in [0.25, 0.3) is 0 Å². The summed E-state index contributed by atoms with van der Waals surface area (Å²) in [6.45, 7) is 3.39. The summed E-state index contributed by atoms with van der Waals surface area (Å²) in [5.41, 5.74) is 0.328. The zero-order chi connectivity index (χ0) is 17.7. The fourth-order valence-electron chi connectivity index (χ4n) is 2.50. The van der Waals surface area contributed by atoms with Gasteiger partial charge in [-0.25, -0.2) is 0 Å². The summed E-state index contributed by atoms with van der Waals surface area (Å²) in [6, 6.07) is 4.14. The monoisotopic (exact) mass is 371 g/mol. The number of nitrogens with zero attached hydrogens (tertiary/aromatic N) is 2. The van der Waals surface area contributed by atoms with Crippen molar-refractivity contribution in [1.29, 1.82) is 0 Å². The molecule has 1 saturated heterocycles. The molecule has 0 saturated carbocycles. The van der Waals surface area contributed by atoms with E-state index in [1.165, 1.54) is 18.2 Å². The second kappa shape index (κ2) is 8.25. The standard InChI is InChI=1S/C15H18ClN3O4S/c1-2-23-14(20)10-5-7-18(8-6-10)15(24)17-13-9-11(19(21)22)3-4-12(13)16/h3-4,9-10H,2,5-8H2,1H3,(H,17,24). The highest BCUT2D eigenvalue weighted by molar-refractivity contribution is 7.80. The summed E-state index contributed by atoms with van der Waals surface area (Å²) in [6.07, 6.45) is 1.31. The van der Waals surface area contributed by atoms with Crippen molar-refractivity contribution in [2.75, 3.05) is 25.0 Å². The first-order valence-electron chi connectivity index (χ1n) is 7.59. The number of benzene rings is 1. The Morgan fingerprint density at radius 3 is 2.75 bits per heavy atom. The second-order valence-corrected chi connectivity index (χ2v) is 6.16. The van der Waals surface area contributed by atoms with Gasteiger partial charge in [0, 0.05) is 25.2 Å². The van der Waals surface area contributed by atoms with Crippen molar-refractivity contribution < 1.29 is 14.5 Å². The maximum atomic E-state index is 11.7. The number of likely N-dealkylation sites (tertiary alicyclic amines) is 1. The highest BCUT2D eigenvalue weighted by Gasteiger charge is 2.27. The van der Waals surface area contributed by atoms with Crippen LogP contribution >= 0.6 is 23.8 Å². The Kier molecular flexibility index (Phi) is 6.33. The minimum atomic E-state index is -0.491. The van der Waals surface area contributed by atoms with E-state index in [9.17, 15) is 14.9 Å². The van der Waals surface area contributed by atoms with Gasteiger partial charge in [-0.15, -0.1) is 0 Å². The largest absolute Gasteiger partial charge is 0.466 e. The number of carbonyl (C=O) groups is 1. The molecule has 1 aliphatic heterocycles. The van der Waals surface area contributed by atoms with Gasteiger partial charge in [-0.1, -0.05) is 11.6 Å². The van der Waals surface area contributed by atoms with Gasteiger partial charge in [0.1, 0.15) is 0 Å². The molecule has 1 aromatic carbocycles. The van der Waals surface area contributed by atoms with E-state index >= 15 is 0 Å². The van der Waals surface area contributed by atoms with Gasteiger partial charge in [-0.3, -0.25) is 14.9 Å². The van der Waals surface area contributed by atoms with Gasteiger partial charge in [0.05, 0.1) is 28.2 Å². The number of ether oxygens (including phenoxy) is 1. The van der Waals surface area contributed by atoms with E-state index in [1.807, 2.05) is 4.90 Å². The molecule has 9 heteroatoms. The normalized spacial score (nSPS) is 15.0. The maximum absolute atomic E-state index is 11.7. The number of rotatable bonds is 4. The Hall–Kier alpha value is -1.93. The molecular formula is C15H18ClN3O4S. The summed E-state index contributed by atoms with van der Waals surface area (Å²) >= 11 is 11.4. The van der Waals surface area contributed by atoms with Crippen LogP contribution in [-0.2, 0) is 9.53 Å². The molecule has 130 valence electrons. The highest BCUT2D eigenvalue weighted by Crippen LogP contribution is 2.27. The van der Waals surface area contributed by atoms with Gasteiger partial charge >= 0.3 is 5.97 Å². The number of nitro benzene ring substituents is 1. The van der Waals surface area contributed by atoms with E-state index in [-0.39, 0.29) is 17.6 Å². The SMILES string of the molecule is CCOC(=O)C1CCN(C(=S)Nc2cc([N+](=O)[O-])ccc2Cl)CC1. The van der Waals surface area contributed by atoms with Crippen molar-refractivity contribution in [3.63, 3.8) is 0 Å². The molecule has 1 heterocycles. The van der Waals surface area contributed by atoms with E-state index in [2.05, 4.69) is 5.32 Å². The predicted octanol–water partition coefficient (Wildman–Crippen LogP) is 3.22. The van der Waals surface area contributed by atoms with E-state index in [1.54, 1.807) is 6.92 Å². The molecule has 7 nitrogen and oxygen atoms in total. The van der Waals surface area contributed by atoms with Crippen molar-refractivity contribution in [2.24, 2.45) is 5.92 Å². The highest BCUT2D eigenvalue weighted by atomic mass is 35.5. The number of nitro groups is 1. The minimum absolute atomic E-state index is 0.0641. The van der Waals surface area contributed by atoms with Crippen LogP contribution in [0.3, 0.4) is 0 Å². The fourth-order valence-corrected chi connectivity index (χ4v) is 2.95. The number of hydrogen-bond acceptors (Lipinski definition) is 5. The molecule has 1 aromatic rings. The Bertz CT molecular complexity index is 648. The van der Waals surface area contributed by atoms with Gasteiger partial charge in [0.15, 0.2) is 5.11 Å². The predicted molar refractivity (Wildman–Crippen MR) is 95.3 cm³/mol. The zero-order valence-corrected chi connectivity index (χ0v) is 14.7. The van der Waals surface area contributed by atoms with Gasteiger partial charge in [0.2, 0.25) is 0 Å². The maximum Gasteiger partial charge on any atom is 0.309 e. The summed E-state index contributed by atoms with van der Waals surface area (Å²) in [7, 11) is 0. The quantitative estimate of drug-likeness (QED) is 0.376. The first-order chi connectivity index (χ1) is 11.4. The average Bonchev–Trinajstić information content (AvgIpc) is 2.57. The first-order valence-corrected chi connectivity index (χ1v) is 8.37. The van der Waals surface area contributed by atoms with Gasteiger partial charge in [-0.2, -0.15) is 0 Å². The molecule has 24 heavy (non-hydrogen) atoms. The van der Waals surface area contributed by atoms with Crippen molar-refractivity contribution in [3.05, 3.63) is 33.3 Å². The lowest BCUT2D eigenvalue weighted by Crippen LogP contribution is -2.42. The number of thiocarbonyl (C=S) groups is 1.